The molecule has 0 aromatic rings. The fourth-order valence-corrected chi connectivity index (χ4v) is 0.310. The van der Waals surface area contributed by atoms with Gasteiger partial charge in [-0.15, -0.1) is 0 Å². The normalized spacial score (nSPS) is 21.7. The minimum atomic E-state index is -0.833. The second kappa shape index (κ2) is 8.21. The zero-order chi connectivity index (χ0) is 11.7. The Labute approximate surface area is 81.1 Å². The maximum Gasteiger partial charge on any atom is 0.300 e. The smallest absolute Gasteiger partial charge is 0.300 e. The van der Waals surface area contributed by atoms with Gasteiger partial charge in [-0.3, -0.25) is 9.59 Å². The quantitative estimate of drug-likeness (QED) is 0.396. The van der Waals surface area contributed by atoms with Crippen molar-refractivity contribution in [2.24, 2.45) is 0 Å². The van der Waals surface area contributed by atoms with Crippen molar-refractivity contribution in [3.05, 3.63) is 12.2 Å². The second-order valence-electron chi connectivity index (χ2n) is 2.40. The minimum absolute atomic E-state index is 0.593. The van der Waals surface area contributed by atoms with Gasteiger partial charge in [-0.2, -0.15) is 0 Å². The van der Waals surface area contributed by atoms with Crippen LogP contribution in [0.5, 0.6) is 0 Å². The number of carboxylic acid groups (broad SMARTS) is 2. The van der Waals surface area contributed by atoms with E-state index in [0.29, 0.717) is 0 Å². The van der Waals surface area contributed by atoms with E-state index in [0.717, 1.165) is 13.8 Å². The Morgan fingerprint density at radius 2 is 1.07 bits per heavy atom. The Morgan fingerprint density at radius 3 is 1.07 bits per heavy atom. The van der Waals surface area contributed by atoms with Crippen LogP contribution in [0.1, 0.15) is 13.8 Å². The van der Waals surface area contributed by atoms with Crippen LogP contribution in [0.2, 0.25) is 0 Å². The predicted molar refractivity (Wildman–Crippen MR) is 47.8 cm³/mol. The fourth-order valence-electron chi connectivity index (χ4n) is 0.310. The molecule has 0 saturated heterocycles. The van der Waals surface area contributed by atoms with E-state index in [1.54, 1.807) is 12.2 Å². The van der Waals surface area contributed by atoms with Crippen molar-refractivity contribution in [2.45, 2.75) is 26.1 Å². The van der Waals surface area contributed by atoms with Crippen molar-refractivity contribution in [2.75, 3.05) is 0 Å². The Bertz CT molecular complexity index is 180. The van der Waals surface area contributed by atoms with Gasteiger partial charge in [-0.1, -0.05) is 12.2 Å². The molecular formula is C8H14O6. The number of carbonyl (C=O) groups is 2. The summed E-state index contributed by atoms with van der Waals surface area (Å²) in [5.41, 5.74) is 0. The number of hydrogen-bond acceptors (Lipinski definition) is 4. The van der Waals surface area contributed by atoms with Crippen molar-refractivity contribution in [3.8, 4) is 0 Å². The molecule has 1 aliphatic rings. The third kappa shape index (κ3) is 16.9. The van der Waals surface area contributed by atoms with Gasteiger partial charge in [0, 0.05) is 13.8 Å². The average Bonchev–Trinajstić information content (AvgIpc) is 1.99. The lowest BCUT2D eigenvalue weighted by molar-refractivity contribution is -0.135. The van der Waals surface area contributed by atoms with Gasteiger partial charge in [-0.05, 0) is 0 Å². The molecular weight excluding hydrogens is 192 g/mol. The number of carboxylic acids is 2. The van der Waals surface area contributed by atoms with E-state index in [-0.39, 0.29) is 0 Å². The van der Waals surface area contributed by atoms with Crippen LogP contribution in [0.15, 0.2) is 12.2 Å². The van der Waals surface area contributed by atoms with E-state index in [4.69, 9.17) is 30.0 Å². The maximum absolute atomic E-state index is 9.00. The van der Waals surface area contributed by atoms with Crippen LogP contribution in [0.4, 0.5) is 0 Å². The minimum Gasteiger partial charge on any atom is -0.481 e. The van der Waals surface area contributed by atoms with E-state index in [1.807, 2.05) is 0 Å². The number of hydrogen-bond donors (Lipinski definition) is 4. The molecule has 0 aliphatic heterocycles. The first-order chi connectivity index (χ1) is 6.27. The van der Waals surface area contributed by atoms with E-state index in [1.165, 1.54) is 0 Å². The lowest BCUT2D eigenvalue weighted by Gasteiger charge is -2.17. The lowest BCUT2D eigenvalue weighted by atomic mass is 10.0. The SMILES string of the molecule is CC(=O)O.CC(=O)O.O[C@@H]1C=C[C@@H]1O. The van der Waals surface area contributed by atoms with Crippen LogP contribution < -0.4 is 0 Å². The van der Waals surface area contributed by atoms with Crippen LogP contribution >= 0.6 is 0 Å². The van der Waals surface area contributed by atoms with Gasteiger partial charge in [-0.25, -0.2) is 0 Å². The van der Waals surface area contributed by atoms with Crippen molar-refractivity contribution in [1.29, 1.82) is 0 Å². The molecule has 0 aromatic carbocycles. The molecule has 1 rings (SSSR count). The van der Waals surface area contributed by atoms with Crippen LogP contribution in [-0.2, 0) is 9.59 Å². The second-order valence-corrected chi connectivity index (χ2v) is 2.40. The van der Waals surface area contributed by atoms with Gasteiger partial charge < -0.3 is 20.4 Å². The summed E-state index contributed by atoms with van der Waals surface area (Å²) in [6.07, 6.45) is 1.91. The molecule has 6 nitrogen and oxygen atoms in total. The Morgan fingerprint density at radius 1 is 0.929 bits per heavy atom. The molecule has 82 valence electrons. The van der Waals surface area contributed by atoms with Crippen molar-refractivity contribution < 1.29 is 30.0 Å². The van der Waals surface area contributed by atoms with Gasteiger partial charge in [0.15, 0.2) is 0 Å². The summed E-state index contributed by atoms with van der Waals surface area (Å²) in [6.45, 7) is 2.17. The number of rotatable bonds is 0. The van der Waals surface area contributed by atoms with Gasteiger partial charge in [0.2, 0.25) is 0 Å². The molecule has 0 radical (unpaired) electrons. The number of aliphatic hydroxyl groups is 2. The highest BCUT2D eigenvalue weighted by atomic mass is 16.4. The summed E-state index contributed by atoms with van der Waals surface area (Å²) in [6, 6.07) is 0. The molecule has 0 heterocycles. The van der Waals surface area contributed by atoms with Crippen LogP contribution in [0, 0.1) is 0 Å². The molecule has 1 aliphatic carbocycles. The molecule has 6 heteroatoms. The standard InChI is InChI=1S/C4H6O2.2C2H4O2/c5-3-1-2-4(3)6;2*1-2(3)4/h1-6H;2*1H3,(H,3,4)/t3-,4+;;. The summed E-state index contributed by atoms with van der Waals surface area (Å²) >= 11 is 0. The first-order valence-corrected chi connectivity index (χ1v) is 3.71. The van der Waals surface area contributed by atoms with Crippen molar-refractivity contribution >= 4 is 11.9 Å². The molecule has 0 bridgehead atoms. The molecule has 4 N–H and O–H groups in total. The molecule has 0 aromatic heterocycles. The highest BCUT2D eigenvalue weighted by Gasteiger charge is 2.16. The highest BCUT2D eigenvalue weighted by molar-refractivity contribution is 5.63. The predicted octanol–water partition coefficient (Wildman–Crippen LogP) is -0.540. The summed E-state index contributed by atoms with van der Waals surface area (Å²) in [5, 5.41) is 31.6. The van der Waals surface area contributed by atoms with E-state index < -0.39 is 24.1 Å². The zero-order valence-electron chi connectivity index (χ0n) is 7.91. The van der Waals surface area contributed by atoms with E-state index >= 15 is 0 Å². The molecule has 0 amide bonds. The van der Waals surface area contributed by atoms with Crippen LogP contribution in [0.25, 0.3) is 0 Å². The van der Waals surface area contributed by atoms with Crippen molar-refractivity contribution in [3.63, 3.8) is 0 Å². The topological polar surface area (TPSA) is 115 Å². The van der Waals surface area contributed by atoms with Crippen molar-refractivity contribution in [1.82, 2.24) is 0 Å². The molecule has 0 fully saturated rings. The van der Waals surface area contributed by atoms with E-state index in [2.05, 4.69) is 0 Å². The Balaban J connectivity index is 0. The monoisotopic (exact) mass is 206 g/mol. The molecule has 0 unspecified atom stereocenters. The summed E-state index contributed by atoms with van der Waals surface area (Å²) in [5.74, 6) is -1.67. The summed E-state index contributed by atoms with van der Waals surface area (Å²) < 4.78 is 0. The molecule has 0 saturated carbocycles. The number of aliphatic carboxylic acids is 2. The Kier molecular flexibility index (Phi) is 8.85. The molecule has 2 atom stereocenters. The van der Waals surface area contributed by atoms with Gasteiger partial charge >= 0.3 is 0 Å². The van der Waals surface area contributed by atoms with Gasteiger partial charge in [0.25, 0.3) is 11.9 Å². The van der Waals surface area contributed by atoms with E-state index in [9.17, 15) is 0 Å². The third-order valence-electron chi connectivity index (χ3n) is 0.855. The first kappa shape index (κ1) is 15.1. The largest absolute Gasteiger partial charge is 0.481 e. The fraction of sp³-hybridized carbons (Fsp3) is 0.500. The van der Waals surface area contributed by atoms with Crippen LogP contribution in [-0.4, -0.2) is 44.6 Å². The number of aliphatic hydroxyl groups excluding tert-OH is 2. The lowest BCUT2D eigenvalue weighted by Crippen LogP contribution is -2.28. The summed E-state index contributed by atoms with van der Waals surface area (Å²) in [7, 11) is 0. The first-order valence-electron chi connectivity index (χ1n) is 3.71. The highest BCUT2D eigenvalue weighted by Crippen LogP contribution is 2.06. The van der Waals surface area contributed by atoms with Crippen LogP contribution in [0.3, 0.4) is 0 Å². The average molecular weight is 206 g/mol. The molecule has 14 heavy (non-hydrogen) atoms. The summed E-state index contributed by atoms with van der Waals surface area (Å²) in [4.78, 5) is 18.0. The molecule has 0 spiro atoms. The Hall–Kier alpha value is -1.40. The zero-order valence-corrected chi connectivity index (χ0v) is 7.91. The van der Waals surface area contributed by atoms with Gasteiger partial charge in [0.1, 0.15) is 12.2 Å². The third-order valence-corrected chi connectivity index (χ3v) is 0.855. The van der Waals surface area contributed by atoms with Gasteiger partial charge in [0.05, 0.1) is 0 Å². The maximum atomic E-state index is 9.00.